The Morgan fingerprint density at radius 2 is 1.84 bits per heavy atom. The lowest BCUT2D eigenvalue weighted by Gasteiger charge is -2.28. The van der Waals surface area contributed by atoms with Crippen LogP contribution in [0, 0.1) is 11.8 Å². The van der Waals surface area contributed by atoms with E-state index in [0.717, 1.165) is 12.8 Å². The second kappa shape index (κ2) is 5.59. The van der Waals surface area contributed by atoms with Crippen molar-refractivity contribution in [3.05, 3.63) is 0 Å². The minimum atomic E-state index is -0.908. The van der Waals surface area contributed by atoms with E-state index in [0.29, 0.717) is 25.8 Å². The molecule has 1 heterocycles. The van der Waals surface area contributed by atoms with E-state index < -0.39 is 23.8 Å². The van der Waals surface area contributed by atoms with E-state index in [-0.39, 0.29) is 11.8 Å². The smallest absolute Gasteiger partial charge is 0.307 e. The lowest BCUT2D eigenvalue weighted by atomic mass is 9.78. The zero-order chi connectivity index (χ0) is 14.0. The highest BCUT2D eigenvalue weighted by atomic mass is 16.4. The van der Waals surface area contributed by atoms with Gasteiger partial charge in [-0.05, 0) is 19.3 Å². The van der Waals surface area contributed by atoms with E-state index in [1.54, 1.807) is 11.9 Å². The van der Waals surface area contributed by atoms with Gasteiger partial charge in [0.25, 0.3) is 0 Å². The Balaban J connectivity index is 1.98. The standard InChI is InChI=1S/C13H20N2O4/c1-15-7-6-10(12(15)17)14-11(16)8-4-2-3-5-9(8)13(18)19/h8-10H,2-7H2,1H3,(H,14,16)(H,18,19). The van der Waals surface area contributed by atoms with Gasteiger partial charge in [-0.25, -0.2) is 0 Å². The molecular formula is C13H20N2O4. The molecule has 6 nitrogen and oxygen atoms in total. The highest BCUT2D eigenvalue weighted by molar-refractivity contribution is 5.91. The predicted molar refractivity (Wildman–Crippen MR) is 67.3 cm³/mol. The summed E-state index contributed by atoms with van der Waals surface area (Å²) in [7, 11) is 1.70. The second-order valence-corrected chi connectivity index (χ2v) is 5.45. The lowest BCUT2D eigenvalue weighted by Crippen LogP contribution is -2.46. The summed E-state index contributed by atoms with van der Waals surface area (Å²) >= 11 is 0. The number of carbonyl (C=O) groups excluding carboxylic acids is 2. The molecule has 1 aliphatic carbocycles. The van der Waals surface area contributed by atoms with Crippen molar-refractivity contribution in [3.8, 4) is 0 Å². The molecule has 0 aromatic carbocycles. The van der Waals surface area contributed by atoms with E-state index in [4.69, 9.17) is 5.11 Å². The van der Waals surface area contributed by atoms with Gasteiger partial charge in [-0.15, -0.1) is 0 Å². The number of hydrogen-bond acceptors (Lipinski definition) is 3. The summed E-state index contributed by atoms with van der Waals surface area (Å²) in [5.41, 5.74) is 0. The van der Waals surface area contributed by atoms with Crippen LogP contribution in [-0.4, -0.2) is 47.4 Å². The number of hydrogen-bond donors (Lipinski definition) is 2. The molecule has 2 fully saturated rings. The van der Waals surface area contributed by atoms with E-state index >= 15 is 0 Å². The van der Waals surface area contributed by atoms with Crippen molar-refractivity contribution in [1.29, 1.82) is 0 Å². The number of aliphatic carboxylic acids is 1. The zero-order valence-electron chi connectivity index (χ0n) is 11.1. The highest BCUT2D eigenvalue weighted by Gasteiger charge is 2.38. The molecule has 0 spiro atoms. The van der Waals surface area contributed by atoms with Crippen LogP contribution in [0.25, 0.3) is 0 Å². The quantitative estimate of drug-likeness (QED) is 0.767. The van der Waals surface area contributed by atoms with Gasteiger partial charge in [0.1, 0.15) is 6.04 Å². The third-order valence-corrected chi connectivity index (χ3v) is 4.16. The number of carbonyl (C=O) groups is 3. The highest BCUT2D eigenvalue weighted by Crippen LogP contribution is 2.30. The van der Waals surface area contributed by atoms with Crippen molar-refractivity contribution >= 4 is 17.8 Å². The van der Waals surface area contributed by atoms with Gasteiger partial charge in [0.05, 0.1) is 11.8 Å². The molecule has 1 saturated carbocycles. The van der Waals surface area contributed by atoms with Crippen molar-refractivity contribution in [3.63, 3.8) is 0 Å². The van der Waals surface area contributed by atoms with Crippen LogP contribution < -0.4 is 5.32 Å². The van der Waals surface area contributed by atoms with E-state index in [2.05, 4.69) is 5.32 Å². The SMILES string of the molecule is CN1CCC(NC(=O)C2CCCCC2C(=O)O)C1=O. The summed E-state index contributed by atoms with van der Waals surface area (Å²) in [6, 6.07) is -0.478. The Bertz CT molecular complexity index is 396. The molecule has 6 heteroatoms. The average Bonchev–Trinajstić information content (AvgIpc) is 2.70. The zero-order valence-corrected chi connectivity index (χ0v) is 11.1. The van der Waals surface area contributed by atoms with Crippen LogP contribution in [0.4, 0.5) is 0 Å². The molecule has 1 aliphatic heterocycles. The number of amides is 2. The number of nitrogens with zero attached hydrogens (tertiary/aromatic N) is 1. The Hall–Kier alpha value is -1.59. The molecule has 2 N–H and O–H groups in total. The Morgan fingerprint density at radius 3 is 2.37 bits per heavy atom. The van der Waals surface area contributed by atoms with Crippen molar-refractivity contribution < 1.29 is 19.5 Å². The van der Waals surface area contributed by atoms with Crippen molar-refractivity contribution in [2.24, 2.45) is 11.8 Å². The topological polar surface area (TPSA) is 86.7 Å². The maximum atomic E-state index is 12.2. The molecule has 1 saturated heterocycles. The van der Waals surface area contributed by atoms with Gasteiger partial charge < -0.3 is 15.3 Å². The van der Waals surface area contributed by atoms with E-state index in [1.165, 1.54) is 0 Å². The van der Waals surface area contributed by atoms with E-state index in [1.807, 2.05) is 0 Å². The summed E-state index contributed by atoms with van der Waals surface area (Å²) in [6.45, 7) is 0.636. The molecule has 2 amide bonds. The summed E-state index contributed by atoms with van der Waals surface area (Å²) in [6.07, 6.45) is 3.48. The molecule has 2 rings (SSSR count). The largest absolute Gasteiger partial charge is 0.481 e. The minimum absolute atomic E-state index is 0.0870. The van der Waals surface area contributed by atoms with Crippen LogP contribution in [0.1, 0.15) is 32.1 Å². The summed E-state index contributed by atoms with van der Waals surface area (Å²) in [4.78, 5) is 36.7. The fraction of sp³-hybridized carbons (Fsp3) is 0.769. The Kier molecular flexibility index (Phi) is 4.07. The molecule has 0 bridgehead atoms. The van der Waals surface area contributed by atoms with Crippen LogP contribution in [0.5, 0.6) is 0 Å². The molecule has 19 heavy (non-hydrogen) atoms. The first-order valence-corrected chi connectivity index (χ1v) is 6.79. The fourth-order valence-electron chi connectivity index (χ4n) is 2.98. The van der Waals surface area contributed by atoms with Crippen molar-refractivity contribution in [2.45, 2.75) is 38.1 Å². The lowest BCUT2D eigenvalue weighted by molar-refractivity contribution is -0.149. The minimum Gasteiger partial charge on any atom is -0.481 e. The van der Waals surface area contributed by atoms with Crippen LogP contribution in [0.3, 0.4) is 0 Å². The van der Waals surface area contributed by atoms with Crippen LogP contribution in [0.2, 0.25) is 0 Å². The Morgan fingerprint density at radius 1 is 1.21 bits per heavy atom. The number of nitrogens with one attached hydrogen (secondary N) is 1. The maximum Gasteiger partial charge on any atom is 0.307 e. The normalized spacial score (nSPS) is 31.3. The average molecular weight is 268 g/mol. The van der Waals surface area contributed by atoms with Crippen molar-refractivity contribution in [2.75, 3.05) is 13.6 Å². The van der Waals surface area contributed by atoms with Crippen LogP contribution >= 0.6 is 0 Å². The molecule has 3 atom stereocenters. The third kappa shape index (κ3) is 2.88. The third-order valence-electron chi connectivity index (χ3n) is 4.16. The number of carboxylic acids is 1. The molecule has 0 radical (unpaired) electrons. The van der Waals surface area contributed by atoms with Crippen LogP contribution in [-0.2, 0) is 14.4 Å². The molecule has 0 aromatic rings. The van der Waals surface area contributed by atoms with Crippen LogP contribution in [0.15, 0.2) is 0 Å². The monoisotopic (exact) mass is 268 g/mol. The van der Waals surface area contributed by atoms with Gasteiger partial charge in [-0.3, -0.25) is 14.4 Å². The summed E-state index contributed by atoms with van der Waals surface area (Å²) < 4.78 is 0. The molecular weight excluding hydrogens is 248 g/mol. The van der Waals surface area contributed by atoms with Gasteiger partial charge in [0, 0.05) is 13.6 Å². The molecule has 3 unspecified atom stereocenters. The van der Waals surface area contributed by atoms with Gasteiger partial charge in [0.15, 0.2) is 0 Å². The summed E-state index contributed by atoms with van der Waals surface area (Å²) in [5.74, 6) is -2.38. The number of carboxylic acid groups (broad SMARTS) is 1. The second-order valence-electron chi connectivity index (χ2n) is 5.45. The first kappa shape index (κ1) is 13.8. The van der Waals surface area contributed by atoms with Gasteiger partial charge in [-0.1, -0.05) is 12.8 Å². The first-order valence-electron chi connectivity index (χ1n) is 6.79. The molecule has 2 aliphatic rings. The van der Waals surface area contributed by atoms with Gasteiger partial charge in [0.2, 0.25) is 11.8 Å². The number of likely N-dealkylation sites (tertiary alicyclic amines) is 1. The molecule has 0 aromatic heterocycles. The van der Waals surface area contributed by atoms with Gasteiger partial charge >= 0.3 is 5.97 Å². The van der Waals surface area contributed by atoms with Gasteiger partial charge in [-0.2, -0.15) is 0 Å². The predicted octanol–water partition coefficient (Wildman–Crippen LogP) is 0.224. The first-order chi connectivity index (χ1) is 9.00. The fourth-order valence-corrected chi connectivity index (χ4v) is 2.98. The number of likely N-dealkylation sites (N-methyl/N-ethyl adjacent to an activating group) is 1. The van der Waals surface area contributed by atoms with E-state index in [9.17, 15) is 14.4 Å². The summed E-state index contributed by atoms with van der Waals surface area (Å²) in [5, 5.41) is 11.9. The Labute approximate surface area is 112 Å². The molecule has 106 valence electrons. The number of rotatable bonds is 3. The van der Waals surface area contributed by atoms with Crippen molar-refractivity contribution in [1.82, 2.24) is 10.2 Å². The maximum absolute atomic E-state index is 12.2.